The number of esters is 1. The number of ether oxygens (including phenoxy) is 3. The molecule has 0 amide bonds. The summed E-state index contributed by atoms with van der Waals surface area (Å²) < 4.78 is 59.5. The van der Waals surface area contributed by atoms with Crippen molar-refractivity contribution in [2.24, 2.45) is 5.92 Å². The van der Waals surface area contributed by atoms with Crippen LogP contribution in [0, 0.1) is 23.4 Å². The lowest BCUT2D eigenvalue weighted by Gasteiger charge is -2.27. The van der Waals surface area contributed by atoms with E-state index in [9.17, 15) is 18.0 Å². The maximum absolute atomic E-state index is 14.8. The molecule has 0 radical (unpaired) electrons. The van der Waals surface area contributed by atoms with Crippen LogP contribution in [0.25, 0.3) is 11.1 Å². The van der Waals surface area contributed by atoms with Crippen molar-refractivity contribution in [1.82, 2.24) is 0 Å². The SMILES string of the molecule is CCOCc1ccc(C2CCC(C(=O)Oc3ccc(-c4ccc(OC)cc4)c(F)c3F)CC2)cc1F. The van der Waals surface area contributed by atoms with Crippen LogP contribution >= 0.6 is 0 Å². The minimum absolute atomic E-state index is 0.0648. The van der Waals surface area contributed by atoms with Crippen LogP contribution in [0.2, 0.25) is 0 Å². The van der Waals surface area contributed by atoms with Gasteiger partial charge in [0.05, 0.1) is 19.6 Å². The van der Waals surface area contributed by atoms with Crippen molar-refractivity contribution < 1.29 is 32.2 Å². The Morgan fingerprint density at radius 3 is 2.28 bits per heavy atom. The molecule has 0 atom stereocenters. The van der Waals surface area contributed by atoms with Crippen molar-refractivity contribution in [3.05, 3.63) is 83.2 Å². The van der Waals surface area contributed by atoms with Gasteiger partial charge in [-0.05, 0) is 80.0 Å². The second kappa shape index (κ2) is 11.6. The Balaban J connectivity index is 1.37. The van der Waals surface area contributed by atoms with E-state index in [0.29, 0.717) is 49.2 Å². The van der Waals surface area contributed by atoms with Crippen LogP contribution in [0.15, 0.2) is 54.6 Å². The molecule has 4 nitrogen and oxygen atoms in total. The molecule has 0 spiro atoms. The summed E-state index contributed by atoms with van der Waals surface area (Å²) in [5, 5.41) is 0. The number of hydrogen-bond donors (Lipinski definition) is 0. The van der Waals surface area contributed by atoms with E-state index in [-0.39, 0.29) is 23.9 Å². The van der Waals surface area contributed by atoms with E-state index >= 15 is 0 Å². The lowest BCUT2D eigenvalue weighted by molar-refractivity contribution is -0.140. The number of carbonyl (C=O) groups excluding carboxylic acids is 1. The minimum atomic E-state index is -1.20. The Kier molecular flexibility index (Phi) is 8.31. The van der Waals surface area contributed by atoms with Gasteiger partial charge in [0.2, 0.25) is 5.82 Å². The van der Waals surface area contributed by atoms with E-state index < -0.39 is 29.3 Å². The number of methoxy groups -OCH3 is 1. The minimum Gasteiger partial charge on any atom is -0.497 e. The maximum atomic E-state index is 14.8. The highest BCUT2D eigenvalue weighted by Gasteiger charge is 2.30. The molecule has 7 heteroatoms. The van der Waals surface area contributed by atoms with Crippen molar-refractivity contribution in [1.29, 1.82) is 0 Å². The molecule has 3 aromatic rings. The van der Waals surface area contributed by atoms with E-state index in [1.807, 2.05) is 13.0 Å². The zero-order chi connectivity index (χ0) is 25.7. The van der Waals surface area contributed by atoms with Crippen LogP contribution in [0.4, 0.5) is 13.2 Å². The Morgan fingerprint density at radius 1 is 0.917 bits per heavy atom. The first kappa shape index (κ1) is 25.8. The van der Waals surface area contributed by atoms with Crippen molar-refractivity contribution in [2.75, 3.05) is 13.7 Å². The summed E-state index contributed by atoms with van der Waals surface area (Å²) in [6.45, 7) is 2.61. The van der Waals surface area contributed by atoms with E-state index in [4.69, 9.17) is 14.2 Å². The van der Waals surface area contributed by atoms with Gasteiger partial charge in [-0.3, -0.25) is 4.79 Å². The highest BCUT2D eigenvalue weighted by atomic mass is 19.2. The summed E-state index contributed by atoms with van der Waals surface area (Å²) >= 11 is 0. The molecule has 1 aliphatic carbocycles. The van der Waals surface area contributed by atoms with Crippen LogP contribution < -0.4 is 9.47 Å². The molecule has 0 aliphatic heterocycles. The zero-order valence-corrected chi connectivity index (χ0v) is 20.4. The highest BCUT2D eigenvalue weighted by Crippen LogP contribution is 2.38. The molecule has 0 saturated heterocycles. The Bertz CT molecular complexity index is 1200. The van der Waals surface area contributed by atoms with Gasteiger partial charge in [0.25, 0.3) is 0 Å². The lowest BCUT2D eigenvalue weighted by Crippen LogP contribution is -2.25. The second-order valence-electron chi connectivity index (χ2n) is 8.93. The topological polar surface area (TPSA) is 44.8 Å². The van der Waals surface area contributed by atoms with Gasteiger partial charge in [-0.2, -0.15) is 4.39 Å². The fraction of sp³-hybridized carbons (Fsp3) is 0.345. The van der Waals surface area contributed by atoms with Gasteiger partial charge in [0, 0.05) is 17.7 Å². The second-order valence-corrected chi connectivity index (χ2v) is 8.93. The molecule has 0 N–H and O–H groups in total. The standard InChI is InChI=1S/C29H29F3O4/c1-3-35-17-22-9-8-21(16-25(22)30)18-4-6-20(7-5-18)29(33)36-26-15-14-24(27(31)28(26)32)19-10-12-23(34-2)13-11-19/h8-16,18,20H,3-7,17H2,1-2H3. The van der Waals surface area contributed by atoms with E-state index in [2.05, 4.69) is 0 Å². The number of halogens is 3. The largest absolute Gasteiger partial charge is 0.497 e. The molecular weight excluding hydrogens is 469 g/mol. The average Bonchev–Trinajstić information content (AvgIpc) is 2.91. The average molecular weight is 499 g/mol. The molecule has 1 aliphatic rings. The van der Waals surface area contributed by atoms with Gasteiger partial charge in [-0.15, -0.1) is 0 Å². The number of hydrogen-bond acceptors (Lipinski definition) is 4. The number of carbonyl (C=O) groups is 1. The smallest absolute Gasteiger partial charge is 0.314 e. The molecule has 1 saturated carbocycles. The van der Waals surface area contributed by atoms with Gasteiger partial charge in [0.15, 0.2) is 11.6 Å². The summed E-state index contributed by atoms with van der Waals surface area (Å²) in [6, 6.07) is 14.4. The highest BCUT2D eigenvalue weighted by molar-refractivity contribution is 5.76. The van der Waals surface area contributed by atoms with E-state index in [0.717, 1.165) is 5.56 Å². The number of rotatable bonds is 8. The fourth-order valence-electron chi connectivity index (χ4n) is 4.60. The first-order valence-electron chi connectivity index (χ1n) is 12.1. The Hall–Kier alpha value is -3.32. The van der Waals surface area contributed by atoms with Gasteiger partial charge >= 0.3 is 5.97 Å². The number of benzene rings is 3. The molecule has 36 heavy (non-hydrogen) atoms. The van der Waals surface area contributed by atoms with Crippen molar-refractivity contribution in [3.8, 4) is 22.6 Å². The van der Waals surface area contributed by atoms with Gasteiger partial charge in [-0.1, -0.05) is 24.3 Å². The zero-order valence-electron chi connectivity index (χ0n) is 20.4. The van der Waals surface area contributed by atoms with E-state index in [1.165, 1.54) is 19.2 Å². The lowest BCUT2D eigenvalue weighted by atomic mass is 9.78. The fourth-order valence-corrected chi connectivity index (χ4v) is 4.60. The van der Waals surface area contributed by atoms with Crippen LogP contribution in [0.1, 0.15) is 49.7 Å². The summed E-state index contributed by atoms with van der Waals surface area (Å²) in [5.74, 6) is -3.28. The molecule has 0 heterocycles. The molecule has 4 rings (SSSR count). The Labute approximate surface area is 209 Å². The van der Waals surface area contributed by atoms with Gasteiger partial charge in [0.1, 0.15) is 11.6 Å². The molecule has 3 aromatic carbocycles. The Morgan fingerprint density at radius 2 is 1.64 bits per heavy atom. The van der Waals surface area contributed by atoms with Crippen LogP contribution in [0.5, 0.6) is 11.5 Å². The summed E-state index contributed by atoms with van der Waals surface area (Å²) in [6.07, 6.45) is 2.41. The first-order valence-corrected chi connectivity index (χ1v) is 12.1. The van der Waals surface area contributed by atoms with Crippen molar-refractivity contribution in [3.63, 3.8) is 0 Å². The van der Waals surface area contributed by atoms with Crippen molar-refractivity contribution >= 4 is 5.97 Å². The monoisotopic (exact) mass is 498 g/mol. The third-order valence-electron chi connectivity index (χ3n) is 6.73. The molecule has 0 bridgehead atoms. The van der Waals surface area contributed by atoms with Crippen LogP contribution in [0.3, 0.4) is 0 Å². The van der Waals surface area contributed by atoms with Gasteiger partial charge < -0.3 is 14.2 Å². The predicted molar refractivity (Wildman–Crippen MR) is 130 cm³/mol. The van der Waals surface area contributed by atoms with Crippen LogP contribution in [-0.4, -0.2) is 19.7 Å². The van der Waals surface area contributed by atoms with Gasteiger partial charge in [-0.25, -0.2) is 8.78 Å². The third-order valence-corrected chi connectivity index (χ3v) is 6.73. The summed E-state index contributed by atoms with van der Waals surface area (Å²) in [5.41, 5.74) is 1.95. The molecule has 0 unspecified atom stereocenters. The quantitative estimate of drug-likeness (QED) is 0.243. The predicted octanol–water partition coefficient (Wildman–Crippen LogP) is 7.20. The molecule has 0 aromatic heterocycles. The van der Waals surface area contributed by atoms with Crippen molar-refractivity contribution in [2.45, 2.75) is 45.1 Å². The first-order chi connectivity index (χ1) is 17.4. The van der Waals surface area contributed by atoms with E-state index in [1.54, 1.807) is 36.4 Å². The van der Waals surface area contributed by atoms with Crippen LogP contribution in [-0.2, 0) is 16.1 Å². The maximum Gasteiger partial charge on any atom is 0.314 e. The molecule has 190 valence electrons. The normalized spacial score (nSPS) is 17.6. The summed E-state index contributed by atoms with van der Waals surface area (Å²) in [7, 11) is 1.52. The molecular formula is C29H29F3O4. The third kappa shape index (κ3) is 5.73. The molecule has 1 fully saturated rings. The summed E-state index contributed by atoms with van der Waals surface area (Å²) in [4.78, 5) is 12.7.